The van der Waals surface area contributed by atoms with E-state index in [1.807, 2.05) is 4.90 Å². The highest BCUT2D eigenvalue weighted by atomic mass is 35.5. The van der Waals surface area contributed by atoms with Crippen LogP contribution >= 0.6 is 23.2 Å². The molecule has 0 aliphatic carbocycles. The second kappa shape index (κ2) is 8.22. The predicted molar refractivity (Wildman–Crippen MR) is 110 cm³/mol. The number of alkyl halides is 3. The maximum Gasteiger partial charge on any atom is 0.449 e. The van der Waals surface area contributed by atoms with Crippen molar-refractivity contribution in [2.75, 3.05) is 31.2 Å². The van der Waals surface area contributed by atoms with Crippen LogP contribution in [-0.4, -0.2) is 46.9 Å². The molecule has 0 amide bonds. The number of morpholine rings is 1. The third-order valence-electron chi connectivity index (χ3n) is 5.04. The Morgan fingerprint density at radius 2 is 1.87 bits per heavy atom. The highest BCUT2D eigenvalue weighted by molar-refractivity contribution is 6.35. The number of ether oxygens (including phenoxy) is 1. The molecule has 3 aromatic rings. The lowest BCUT2D eigenvalue weighted by Crippen LogP contribution is -2.36. The van der Waals surface area contributed by atoms with Gasteiger partial charge in [0.15, 0.2) is 0 Å². The molecule has 0 spiro atoms. The number of carboxylic acid groups (broad SMARTS) is 1. The molecule has 4 rings (SSSR count). The van der Waals surface area contributed by atoms with Crippen LogP contribution in [0.4, 0.5) is 18.9 Å². The molecule has 0 bridgehead atoms. The number of rotatable bonds is 4. The first-order valence-electron chi connectivity index (χ1n) is 9.26. The third kappa shape index (κ3) is 4.30. The SMILES string of the molecule is O=C(O)c1cc(N2CCOCC2)cc2c1nc(C(F)(F)F)n2Cc1ccc(Cl)cc1Cl. The molecule has 0 radical (unpaired) electrons. The topological polar surface area (TPSA) is 67.6 Å². The van der Waals surface area contributed by atoms with E-state index in [9.17, 15) is 23.1 Å². The number of aromatic nitrogens is 2. The highest BCUT2D eigenvalue weighted by Gasteiger charge is 2.38. The number of carbonyl (C=O) groups is 1. The Kier molecular flexibility index (Phi) is 5.76. The molecule has 6 nitrogen and oxygen atoms in total. The van der Waals surface area contributed by atoms with Gasteiger partial charge in [0.2, 0.25) is 5.82 Å². The minimum Gasteiger partial charge on any atom is -0.478 e. The van der Waals surface area contributed by atoms with Crippen LogP contribution in [0.15, 0.2) is 30.3 Å². The van der Waals surface area contributed by atoms with Gasteiger partial charge in [-0.25, -0.2) is 9.78 Å². The van der Waals surface area contributed by atoms with E-state index in [1.165, 1.54) is 30.3 Å². The van der Waals surface area contributed by atoms with Crippen molar-refractivity contribution < 1.29 is 27.8 Å². The van der Waals surface area contributed by atoms with Gasteiger partial charge in [-0.3, -0.25) is 0 Å². The van der Waals surface area contributed by atoms with Crippen LogP contribution in [0.3, 0.4) is 0 Å². The van der Waals surface area contributed by atoms with Crippen molar-refractivity contribution in [2.24, 2.45) is 0 Å². The Morgan fingerprint density at radius 3 is 2.48 bits per heavy atom. The molecule has 31 heavy (non-hydrogen) atoms. The first-order valence-corrected chi connectivity index (χ1v) is 10.0. The monoisotopic (exact) mass is 473 g/mol. The smallest absolute Gasteiger partial charge is 0.449 e. The minimum atomic E-state index is -4.80. The predicted octanol–water partition coefficient (Wildman–Crippen LogP) is 4.95. The van der Waals surface area contributed by atoms with Gasteiger partial charge in [-0.1, -0.05) is 29.3 Å². The van der Waals surface area contributed by atoms with Gasteiger partial charge in [0.25, 0.3) is 0 Å². The largest absolute Gasteiger partial charge is 0.478 e. The first-order chi connectivity index (χ1) is 14.6. The number of nitrogens with zero attached hydrogens (tertiary/aromatic N) is 3. The molecule has 1 N–H and O–H groups in total. The van der Waals surface area contributed by atoms with Crippen LogP contribution in [0.2, 0.25) is 10.0 Å². The standard InChI is InChI=1S/C20H16Cl2F3N3O3/c21-12-2-1-11(15(22)7-12)10-28-16-9-13(27-3-5-31-6-4-27)8-14(18(29)30)17(16)26-19(28)20(23,24)25/h1-2,7-9H,3-6,10H2,(H,29,30). The summed E-state index contributed by atoms with van der Waals surface area (Å²) in [5.41, 5.74) is 0.405. The van der Waals surface area contributed by atoms with E-state index in [2.05, 4.69) is 4.98 Å². The Labute approximate surface area is 184 Å². The molecule has 0 unspecified atom stereocenters. The number of anilines is 1. The van der Waals surface area contributed by atoms with Gasteiger partial charge in [0, 0.05) is 28.8 Å². The molecule has 0 saturated carbocycles. The Balaban J connectivity index is 1.94. The zero-order chi connectivity index (χ0) is 22.3. The molecule has 2 heterocycles. The third-order valence-corrected chi connectivity index (χ3v) is 5.63. The van der Waals surface area contributed by atoms with Crippen molar-refractivity contribution >= 4 is 45.9 Å². The van der Waals surface area contributed by atoms with Crippen molar-refractivity contribution in [1.29, 1.82) is 0 Å². The number of hydrogen-bond donors (Lipinski definition) is 1. The van der Waals surface area contributed by atoms with Crippen molar-refractivity contribution in [2.45, 2.75) is 12.7 Å². The van der Waals surface area contributed by atoms with E-state index in [4.69, 9.17) is 27.9 Å². The fourth-order valence-corrected chi connectivity index (χ4v) is 4.04. The summed E-state index contributed by atoms with van der Waals surface area (Å²) in [5, 5.41) is 10.2. The number of imidazole rings is 1. The van der Waals surface area contributed by atoms with E-state index in [1.54, 1.807) is 0 Å². The number of aromatic carboxylic acids is 1. The number of halogens is 5. The molecule has 1 aromatic heterocycles. The van der Waals surface area contributed by atoms with Crippen LogP contribution in [0.25, 0.3) is 11.0 Å². The minimum absolute atomic E-state index is 0.0553. The summed E-state index contributed by atoms with van der Waals surface area (Å²) in [5.74, 6) is -2.56. The Morgan fingerprint density at radius 1 is 1.16 bits per heavy atom. The van der Waals surface area contributed by atoms with Crippen molar-refractivity contribution in [3.8, 4) is 0 Å². The fraction of sp³-hybridized carbons (Fsp3) is 0.300. The summed E-state index contributed by atoms with van der Waals surface area (Å²) in [6.07, 6.45) is -4.80. The van der Waals surface area contributed by atoms with Crippen LogP contribution < -0.4 is 4.90 Å². The number of hydrogen-bond acceptors (Lipinski definition) is 4. The molecular formula is C20H16Cl2F3N3O3. The molecule has 11 heteroatoms. The number of fused-ring (bicyclic) bond motifs is 1. The molecular weight excluding hydrogens is 458 g/mol. The summed E-state index contributed by atoms with van der Waals surface area (Å²) >= 11 is 12.1. The zero-order valence-electron chi connectivity index (χ0n) is 15.9. The normalized spacial score (nSPS) is 14.9. The van der Waals surface area contributed by atoms with Gasteiger partial charge >= 0.3 is 12.1 Å². The van der Waals surface area contributed by atoms with Crippen LogP contribution in [-0.2, 0) is 17.5 Å². The molecule has 1 saturated heterocycles. The second-order valence-electron chi connectivity index (χ2n) is 7.02. The Bertz CT molecular complexity index is 1160. The lowest BCUT2D eigenvalue weighted by atomic mass is 10.1. The maximum absolute atomic E-state index is 13.8. The summed E-state index contributed by atoms with van der Waals surface area (Å²) < 4.78 is 47.7. The molecule has 0 atom stereocenters. The molecule has 2 aromatic carbocycles. The van der Waals surface area contributed by atoms with E-state index in [0.29, 0.717) is 42.6 Å². The van der Waals surface area contributed by atoms with Crippen LogP contribution in [0, 0.1) is 0 Å². The second-order valence-corrected chi connectivity index (χ2v) is 7.86. The summed E-state index contributed by atoms with van der Waals surface area (Å²) in [7, 11) is 0. The van der Waals surface area contributed by atoms with Crippen LogP contribution in [0.5, 0.6) is 0 Å². The van der Waals surface area contributed by atoms with Crippen molar-refractivity contribution in [3.05, 3.63) is 57.3 Å². The van der Waals surface area contributed by atoms with Gasteiger partial charge in [0.05, 0.1) is 30.8 Å². The van der Waals surface area contributed by atoms with E-state index in [0.717, 1.165) is 4.57 Å². The Hall–Kier alpha value is -2.49. The lowest BCUT2D eigenvalue weighted by Gasteiger charge is -2.29. The molecule has 164 valence electrons. The lowest BCUT2D eigenvalue weighted by molar-refractivity contribution is -0.146. The number of benzene rings is 2. The highest BCUT2D eigenvalue weighted by Crippen LogP contribution is 2.36. The zero-order valence-corrected chi connectivity index (χ0v) is 17.4. The maximum atomic E-state index is 13.8. The fourth-order valence-electron chi connectivity index (χ4n) is 3.57. The first kappa shape index (κ1) is 21.7. The van der Waals surface area contributed by atoms with E-state index in [-0.39, 0.29) is 28.2 Å². The average molecular weight is 474 g/mol. The van der Waals surface area contributed by atoms with Gasteiger partial charge in [-0.05, 0) is 29.8 Å². The summed E-state index contributed by atoms with van der Waals surface area (Å²) in [4.78, 5) is 17.4. The van der Waals surface area contributed by atoms with E-state index >= 15 is 0 Å². The van der Waals surface area contributed by atoms with Crippen molar-refractivity contribution in [1.82, 2.24) is 9.55 Å². The summed E-state index contributed by atoms with van der Waals surface area (Å²) in [6.45, 7) is 1.61. The quantitative estimate of drug-likeness (QED) is 0.580. The van der Waals surface area contributed by atoms with Gasteiger partial charge in [-0.15, -0.1) is 0 Å². The van der Waals surface area contributed by atoms with E-state index < -0.39 is 18.0 Å². The van der Waals surface area contributed by atoms with Crippen molar-refractivity contribution in [3.63, 3.8) is 0 Å². The van der Waals surface area contributed by atoms with Gasteiger partial charge in [0.1, 0.15) is 5.52 Å². The van der Waals surface area contributed by atoms with Crippen LogP contribution in [0.1, 0.15) is 21.7 Å². The average Bonchev–Trinajstić information content (AvgIpc) is 3.08. The molecule has 1 fully saturated rings. The number of carboxylic acids is 1. The summed E-state index contributed by atoms with van der Waals surface area (Å²) in [6, 6.07) is 7.37. The molecule has 1 aliphatic heterocycles. The van der Waals surface area contributed by atoms with Gasteiger partial charge < -0.3 is 19.3 Å². The van der Waals surface area contributed by atoms with Gasteiger partial charge in [-0.2, -0.15) is 13.2 Å². The molecule has 1 aliphatic rings.